The van der Waals surface area contributed by atoms with Gasteiger partial charge in [-0.3, -0.25) is 4.90 Å². The Balaban J connectivity index is 2.20. The largest absolute Gasteiger partial charge is 0.481 e. The minimum atomic E-state index is 0.263. The summed E-state index contributed by atoms with van der Waals surface area (Å²) in [5, 5.41) is 3.53. The zero-order valence-electron chi connectivity index (χ0n) is 12.3. The molecule has 0 amide bonds. The Morgan fingerprint density at radius 2 is 2.21 bits per heavy atom. The van der Waals surface area contributed by atoms with Gasteiger partial charge >= 0.3 is 0 Å². The van der Waals surface area contributed by atoms with E-state index in [4.69, 9.17) is 4.74 Å². The van der Waals surface area contributed by atoms with Crippen LogP contribution < -0.4 is 10.1 Å². The summed E-state index contributed by atoms with van der Waals surface area (Å²) >= 11 is 0. The van der Waals surface area contributed by atoms with Crippen molar-refractivity contribution in [1.82, 2.24) is 15.2 Å². The third-order valence-electron chi connectivity index (χ3n) is 4.40. The van der Waals surface area contributed by atoms with Gasteiger partial charge in [-0.2, -0.15) is 0 Å². The monoisotopic (exact) mass is 263 g/mol. The molecule has 19 heavy (non-hydrogen) atoms. The summed E-state index contributed by atoms with van der Waals surface area (Å²) in [5.74, 6) is 0.752. The Hall–Kier alpha value is -1.13. The van der Waals surface area contributed by atoms with Crippen LogP contribution in [0.4, 0.5) is 0 Å². The maximum Gasteiger partial charge on any atom is 0.217 e. The molecule has 1 fully saturated rings. The molecule has 2 rings (SSSR count). The number of pyridine rings is 1. The molecule has 0 bridgehead atoms. The molecule has 0 radical (unpaired) electrons. The van der Waals surface area contributed by atoms with Crippen LogP contribution in [0.2, 0.25) is 0 Å². The number of piperazine rings is 1. The molecule has 1 saturated heterocycles. The second kappa shape index (κ2) is 6.35. The van der Waals surface area contributed by atoms with Crippen molar-refractivity contribution in [3.05, 3.63) is 23.9 Å². The lowest BCUT2D eigenvalue weighted by atomic mass is 9.88. The fraction of sp³-hybridized carbons (Fsp3) is 0.667. The highest BCUT2D eigenvalue weighted by atomic mass is 16.5. The van der Waals surface area contributed by atoms with Crippen LogP contribution in [0, 0.1) is 0 Å². The quantitative estimate of drug-likeness (QED) is 0.882. The van der Waals surface area contributed by atoms with Gasteiger partial charge in [-0.15, -0.1) is 0 Å². The normalized spacial score (nSPS) is 19.3. The zero-order chi connectivity index (χ0) is 13.7. The SMILES string of the molecule is CCC1(CC)CNCCN1Cc1cccnc1OC. The third-order valence-corrected chi connectivity index (χ3v) is 4.40. The predicted molar refractivity (Wildman–Crippen MR) is 77.4 cm³/mol. The summed E-state index contributed by atoms with van der Waals surface area (Å²) in [6.07, 6.45) is 4.12. The first-order chi connectivity index (χ1) is 9.25. The maximum atomic E-state index is 5.37. The highest BCUT2D eigenvalue weighted by Crippen LogP contribution is 2.28. The fourth-order valence-electron chi connectivity index (χ4n) is 3.01. The number of hydrogen-bond acceptors (Lipinski definition) is 4. The summed E-state index contributed by atoms with van der Waals surface area (Å²) in [5.41, 5.74) is 1.44. The van der Waals surface area contributed by atoms with Crippen molar-refractivity contribution in [3.63, 3.8) is 0 Å². The van der Waals surface area contributed by atoms with Crippen LogP contribution in [-0.4, -0.2) is 42.2 Å². The lowest BCUT2D eigenvalue weighted by Crippen LogP contribution is -2.60. The van der Waals surface area contributed by atoms with Gasteiger partial charge in [-0.25, -0.2) is 4.98 Å². The van der Waals surface area contributed by atoms with E-state index in [1.165, 1.54) is 18.4 Å². The van der Waals surface area contributed by atoms with E-state index in [0.717, 1.165) is 32.1 Å². The Morgan fingerprint density at radius 3 is 2.89 bits per heavy atom. The molecule has 4 nitrogen and oxygen atoms in total. The Labute approximate surface area is 116 Å². The number of nitrogens with zero attached hydrogens (tertiary/aromatic N) is 2. The smallest absolute Gasteiger partial charge is 0.217 e. The minimum Gasteiger partial charge on any atom is -0.481 e. The van der Waals surface area contributed by atoms with Gasteiger partial charge in [0.2, 0.25) is 5.88 Å². The van der Waals surface area contributed by atoms with E-state index in [2.05, 4.69) is 35.1 Å². The number of ether oxygens (including phenoxy) is 1. The summed E-state index contributed by atoms with van der Waals surface area (Å²) < 4.78 is 5.37. The van der Waals surface area contributed by atoms with Crippen molar-refractivity contribution in [1.29, 1.82) is 0 Å². The summed E-state index contributed by atoms with van der Waals surface area (Å²) in [4.78, 5) is 6.88. The molecule has 1 N–H and O–H groups in total. The van der Waals surface area contributed by atoms with Gasteiger partial charge in [0.1, 0.15) is 0 Å². The van der Waals surface area contributed by atoms with Gasteiger partial charge in [0.15, 0.2) is 0 Å². The first-order valence-electron chi connectivity index (χ1n) is 7.19. The van der Waals surface area contributed by atoms with Crippen LogP contribution in [0.1, 0.15) is 32.3 Å². The zero-order valence-corrected chi connectivity index (χ0v) is 12.3. The molecule has 2 heterocycles. The topological polar surface area (TPSA) is 37.4 Å². The minimum absolute atomic E-state index is 0.263. The van der Waals surface area contributed by atoms with E-state index in [9.17, 15) is 0 Å². The van der Waals surface area contributed by atoms with Crippen molar-refractivity contribution in [2.75, 3.05) is 26.7 Å². The molecule has 0 aromatic carbocycles. The van der Waals surface area contributed by atoms with Crippen molar-refractivity contribution in [2.24, 2.45) is 0 Å². The van der Waals surface area contributed by atoms with Crippen LogP contribution in [0.15, 0.2) is 18.3 Å². The van der Waals surface area contributed by atoms with Crippen molar-refractivity contribution >= 4 is 0 Å². The second-order valence-corrected chi connectivity index (χ2v) is 5.20. The molecule has 0 aliphatic carbocycles. The predicted octanol–water partition coefficient (Wildman–Crippen LogP) is 2.05. The average Bonchev–Trinajstić information content (AvgIpc) is 2.48. The van der Waals surface area contributed by atoms with Gasteiger partial charge in [-0.1, -0.05) is 19.9 Å². The third kappa shape index (κ3) is 2.90. The van der Waals surface area contributed by atoms with E-state index in [1.807, 2.05) is 6.07 Å². The molecular formula is C15H25N3O. The molecule has 1 aromatic rings. The van der Waals surface area contributed by atoms with Gasteiger partial charge in [0.25, 0.3) is 0 Å². The molecule has 106 valence electrons. The molecule has 0 spiro atoms. The highest BCUT2D eigenvalue weighted by molar-refractivity contribution is 5.25. The molecule has 1 aliphatic heterocycles. The number of methoxy groups -OCH3 is 1. The molecule has 0 unspecified atom stereocenters. The van der Waals surface area contributed by atoms with E-state index in [-0.39, 0.29) is 5.54 Å². The summed E-state index contributed by atoms with van der Waals surface area (Å²) in [6.45, 7) is 8.70. The Morgan fingerprint density at radius 1 is 1.42 bits per heavy atom. The molecule has 0 saturated carbocycles. The van der Waals surface area contributed by atoms with Crippen LogP contribution >= 0.6 is 0 Å². The molecule has 1 aliphatic rings. The van der Waals surface area contributed by atoms with E-state index in [1.54, 1.807) is 13.3 Å². The number of hydrogen-bond donors (Lipinski definition) is 1. The lowest BCUT2D eigenvalue weighted by Gasteiger charge is -2.47. The van der Waals surface area contributed by atoms with E-state index in [0.29, 0.717) is 0 Å². The number of rotatable bonds is 5. The standard InChI is InChI=1S/C15H25N3O/c1-4-15(5-2)12-16-9-10-18(15)11-13-7-6-8-17-14(13)19-3/h6-8,16H,4-5,9-12H2,1-3H3. The maximum absolute atomic E-state index is 5.37. The Bertz CT molecular complexity index is 404. The van der Waals surface area contributed by atoms with Crippen LogP contribution in [0.25, 0.3) is 0 Å². The van der Waals surface area contributed by atoms with Crippen LogP contribution in [0.5, 0.6) is 5.88 Å². The number of aromatic nitrogens is 1. The molecule has 1 aromatic heterocycles. The van der Waals surface area contributed by atoms with Crippen LogP contribution in [0.3, 0.4) is 0 Å². The highest BCUT2D eigenvalue weighted by Gasteiger charge is 2.35. The van der Waals surface area contributed by atoms with Crippen molar-refractivity contribution in [2.45, 2.75) is 38.8 Å². The van der Waals surface area contributed by atoms with E-state index >= 15 is 0 Å². The number of nitrogens with one attached hydrogen (secondary N) is 1. The molecule has 4 heteroatoms. The van der Waals surface area contributed by atoms with Gasteiger partial charge in [0.05, 0.1) is 7.11 Å². The summed E-state index contributed by atoms with van der Waals surface area (Å²) in [6, 6.07) is 4.10. The first-order valence-corrected chi connectivity index (χ1v) is 7.19. The summed E-state index contributed by atoms with van der Waals surface area (Å²) in [7, 11) is 1.69. The first kappa shape index (κ1) is 14.3. The lowest BCUT2D eigenvalue weighted by molar-refractivity contribution is 0.0440. The van der Waals surface area contributed by atoms with Gasteiger partial charge < -0.3 is 10.1 Å². The van der Waals surface area contributed by atoms with Crippen LogP contribution in [-0.2, 0) is 6.54 Å². The molecule has 0 atom stereocenters. The van der Waals surface area contributed by atoms with E-state index < -0.39 is 0 Å². The Kier molecular flexibility index (Phi) is 4.77. The average molecular weight is 263 g/mol. The van der Waals surface area contributed by atoms with Crippen molar-refractivity contribution < 1.29 is 4.74 Å². The second-order valence-electron chi connectivity index (χ2n) is 5.20. The molecular weight excluding hydrogens is 238 g/mol. The fourth-order valence-corrected chi connectivity index (χ4v) is 3.01. The van der Waals surface area contributed by atoms with Crippen molar-refractivity contribution in [3.8, 4) is 5.88 Å². The van der Waals surface area contributed by atoms with Gasteiger partial charge in [-0.05, 0) is 18.9 Å². The van der Waals surface area contributed by atoms with Gasteiger partial charge in [0, 0.05) is 43.5 Å².